The summed E-state index contributed by atoms with van der Waals surface area (Å²) in [5.74, 6) is 0.157. The number of nitrogens with zero attached hydrogens (tertiary/aromatic N) is 1. The van der Waals surface area contributed by atoms with Gasteiger partial charge in [0, 0.05) is 6.04 Å². The van der Waals surface area contributed by atoms with E-state index < -0.39 is 16.1 Å². The minimum atomic E-state index is -3.81. The second kappa shape index (κ2) is 9.08. The fraction of sp³-hybridized carbons (Fsp3) is 0.435. The Morgan fingerprint density at radius 2 is 1.53 bits per heavy atom. The van der Waals surface area contributed by atoms with Crippen molar-refractivity contribution in [2.45, 2.75) is 62.0 Å². The average molecular weight is 429 g/mol. The number of fused-ring (bicyclic) bond motifs is 1. The summed E-state index contributed by atoms with van der Waals surface area (Å²) in [6, 6.07) is 15.4. The SMILES string of the molecule is O=C(NC1CCCCCCC1)[C@H]1CN(S(=O)(=O)c2ccccc2)c2ccccc2O1. The third-order valence-electron chi connectivity index (χ3n) is 5.81. The maximum Gasteiger partial charge on any atom is 0.264 e. The van der Waals surface area contributed by atoms with Crippen LogP contribution in [-0.4, -0.2) is 33.0 Å². The highest BCUT2D eigenvalue weighted by molar-refractivity contribution is 7.92. The molecule has 1 aliphatic carbocycles. The van der Waals surface area contributed by atoms with Crippen molar-refractivity contribution in [1.29, 1.82) is 0 Å². The molecule has 1 aliphatic heterocycles. The largest absolute Gasteiger partial charge is 0.476 e. The minimum Gasteiger partial charge on any atom is -0.476 e. The second-order valence-electron chi connectivity index (χ2n) is 7.97. The van der Waals surface area contributed by atoms with Gasteiger partial charge in [0.05, 0.1) is 17.1 Å². The molecule has 4 rings (SSSR count). The van der Waals surface area contributed by atoms with Gasteiger partial charge in [-0.2, -0.15) is 0 Å². The number of ether oxygens (including phenoxy) is 1. The van der Waals surface area contributed by atoms with Crippen LogP contribution in [0.5, 0.6) is 5.75 Å². The number of hydrogen-bond donors (Lipinski definition) is 1. The van der Waals surface area contributed by atoms with Gasteiger partial charge in [0.25, 0.3) is 15.9 Å². The van der Waals surface area contributed by atoms with Crippen LogP contribution in [0.15, 0.2) is 59.5 Å². The lowest BCUT2D eigenvalue weighted by Crippen LogP contribution is -2.52. The summed E-state index contributed by atoms with van der Waals surface area (Å²) in [7, 11) is -3.81. The molecular weight excluding hydrogens is 400 g/mol. The Morgan fingerprint density at radius 1 is 0.900 bits per heavy atom. The van der Waals surface area contributed by atoms with Crippen molar-refractivity contribution in [3.8, 4) is 5.75 Å². The molecule has 0 bridgehead atoms. The molecule has 30 heavy (non-hydrogen) atoms. The Hall–Kier alpha value is -2.54. The summed E-state index contributed by atoms with van der Waals surface area (Å²) in [6.45, 7) is -0.0488. The number of nitrogens with one attached hydrogen (secondary N) is 1. The lowest BCUT2D eigenvalue weighted by Gasteiger charge is -2.35. The van der Waals surface area contributed by atoms with Crippen LogP contribution in [0.3, 0.4) is 0 Å². The number of hydrogen-bond acceptors (Lipinski definition) is 4. The zero-order chi connectivity index (χ0) is 21.0. The molecule has 0 unspecified atom stereocenters. The first kappa shape index (κ1) is 20.7. The molecule has 0 saturated heterocycles. The van der Waals surface area contributed by atoms with Gasteiger partial charge >= 0.3 is 0 Å². The van der Waals surface area contributed by atoms with E-state index in [0.717, 1.165) is 25.7 Å². The molecule has 2 aromatic carbocycles. The van der Waals surface area contributed by atoms with Crippen molar-refractivity contribution >= 4 is 21.6 Å². The van der Waals surface area contributed by atoms with Crippen LogP contribution in [0, 0.1) is 0 Å². The molecule has 0 radical (unpaired) electrons. The van der Waals surface area contributed by atoms with Gasteiger partial charge in [-0.25, -0.2) is 8.42 Å². The quantitative estimate of drug-likeness (QED) is 0.802. The molecule has 1 N–H and O–H groups in total. The lowest BCUT2D eigenvalue weighted by molar-refractivity contribution is -0.128. The Balaban J connectivity index is 1.57. The van der Waals surface area contributed by atoms with E-state index in [4.69, 9.17) is 4.74 Å². The number of amides is 1. The Kier molecular flexibility index (Phi) is 6.27. The van der Waals surface area contributed by atoms with Gasteiger partial charge in [0.2, 0.25) is 0 Å². The van der Waals surface area contributed by atoms with Crippen LogP contribution in [0.4, 0.5) is 5.69 Å². The number of carbonyl (C=O) groups is 1. The molecule has 0 spiro atoms. The van der Waals surface area contributed by atoms with E-state index in [-0.39, 0.29) is 23.4 Å². The summed E-state index contributed by atoms with van der Waals surface area (Å²) < 4.78 is 33.9. The summed E-state index contributed by atoms with van der Waals surface area (Å²) >= 11 is 0. The number of para-hydroxylation sites is 2. The fourth-order valence-corrected chi connectivity index (χ4v) is 5.68. The maximum absolute atomic E-state index is 13.3. The number of anilines is 1. The van der Waals surface area contributed by atoms with Crippen molar-refractivity contribution in [3.05, 3.63) is 54.6 Å². The molecule has 2 aromatic rings. The van der Waals surface area contributed by atoms with E-state index in [1.54, 1.807) is 54.6 Å². The standard InChI is InChI=1S/C23H28N2O4S/c26-23(24-18-11-5-2-1-3-6-12-18)22-17-25(20-15-9-10-16-21(20)29-22)30(27,28)19-13-7-4-8-14-19/h4,7-10,13-16,18,22H,1-3,5-6,11-12,17H2,(H,24,26)/t22-/m1/s1. The van der Waals surface area contributed by atoms with Crippen LogP contribution < -0.4 is 14.4 Å². The van der Waals surface area contributed by atoms with Crippen molar-refractivity contribution in [1.82, 2.24) is 5.32 Å². The van der Waals surface area contributed by atoms with Crippen molar-refractivity contribution < 1.29 is 17.9 Å². The zero-order valence-corrected chi connectivity index (χ0v) is 17.8. The van der Waals surface area contributed by atoms with Crippen molar-refractivity contribution in [3.63, 3.8) is 0 Å². The van der Waals surface area contributed by atoms with Gasteiger partial charge in [0.1, 0.15) is 5.75 Å². The fourth-order valence-electron chi connectivity index (χ4n) is 4.18. The lowest BCUT2D eigenvalue weighted by atomic mass is 9.96. The molecule has 1 fully saturated rings. The maximum atomic E-state index is 13.3. The van der Waals surface area contributed by atoms with Gasteiger partial charge in [-0.15, -0.1) is 0 Å². The Bertz CT molecular complexity index is 970. The highest BCUT2D eigenvalue weighted by atomic mass is 32.2. The van der Waals surface area contributed by atoms with E-state index in [9.17, 15) is 13.2 Å². The molecule has 0 aromatic heterocycles. The van der Waals surface area contributed by atoms with Crippen molar-refractivity contribution in [2.24, 2.45) is 0 Å². The minimum absolute atomic E-state index is 0.0488. The zero-order valence-electron chi connectivity index (χ0n) is 17.0. The molecule has 1 heterocycles. The van der Waals surface area contributed by atoms with Crippen LogP contribution in [0.25, 0.3) is 0 Å². The number of benzene rings is 2. The molecule has 6 nitrogen and oxygen atoms in total. The normalized spacial score (nSPS) is 20.4. The molecule has 1 saturated carbocycles. The molecular formula is C23H28N2O4S. The first-order valence-electron chi connectivity index (χ1n) is 10.7. The van der Waals surface area contributed by atoms with Gasteiger partial charge in [-0.05, 0) is 37.1 Å². The predicted octanol–water partition coefficient (Wildman–Crippen LogP) is 3.87. The topological polar surface area (TPSA) is 75.7 Å². The van der Waals surface area contributed by atoms with Gasteiger partial charge < -0.3 is 10.1 Å². The predicted molar refractivity (Wildman–Crippen MR) is 116 cm³/mol. The number of rotatable bonds is 4. The Labute approximate surface area is 178 Å². The van der Waals surface area contributed by atoms with E-state index >= 15 is 0 Å². The monoisotopic (exact) mass is 428 g/mol. The van der Waals surface area contributed by atoms with Crippen LogP contribution in [0.1, 0.15) is 44.9 Å². The molecule has 160 valence electrons. The van der Waals surface area contributed by atoms with Crippen LogP contribution in [0.2, 0.25) is 0 Å². The molecule has 2 aliphatic rings. The first-order valence-corrected chi connectivity index (χ1v) is 12.1. The van der Waals surface area contributed by atoms with E-state index in [2.05, 4.69) is 5.32 Å². The third kappa shape index (κ3) is 4.46. The van der Waals surface area contributed by atoms with Gasteiger partial charge in [0.15, 0.2) is 6.10 Å². The smallest absolute Gasteiger partial charge is 0.264 e. The first-order chi connectivity index (χ1) is 14.6. The van der Waals surface area contributed by atoms with Crippen molar-refractivity contribution in [2.75, 3.05) is 10.8 Å². The summed E-state index contributed by atoms with van der Waals surface area (Å²) in [5.41, 5.74) is 0.455. The average Bonchev–Trinajstić information content (AvgIpc) is 2.75. The summed E-state index contributed by atoms with van der Waals surface area (Å²) in [6.07, 6.45) is 6.90. The highest BCUT2D eigenvalue weighted by Gasteiger charge is 2.37. The van der Waals surface area contributed by atoms with E-state index in [1.807, 2.05) is 0 Å². The molecule has 1 amide bonds. The summed E-state index contributed by atoms with van der Waals surface area (Å²) in [5, 5.41) is 3.11. The number of sulfonamides is 1. The highest BCUT2D eigenvalue weighted by Crippen LogP contribution is 2.36. The van der Waals surface area contributed by atoms with E-state index in [1.165, 1.54) is 23.6 Å². The number of carbonyl (C=O) groups excluding carboxylic acids is 1. The van der Waals surface area contributed by atoms with Gasteiger partial charge in [-0.1, -0.05) is 62.4 Å². The third-order valence-corrected chi connectivity index (χ3v) is 7.60. The molecule has 7 heteroatoms. The van der Waals surface area contributed by atoms with Crippen LogP contribution >= 0.6 is 0 Å². The van der Waals surface area contributed by atoms with Gasteiger partial charge in [-0.3, -0.25) is 9.10 Å². The van der Waals surface area contributed by atoms with Crippen LogP contribution in [-0.2, 0) is 14.8 Å². The Morgan fingerprint density at radius 3 is 2.27 bits per heavy atom. The summed E-state index contributed by atoms with van der Waals surface area (Å²) in [4.78, 5) is 13.2. The molecule has 1 atom stereocenters. The second-order valence-corrected chi connectivity index (χ2v) is 9.84. The van der Waals surface area contributed by atoms with E-state index in [0.29, 0.717) is 11.4 Å².